The Hall–Kier alpha value is -3.35. The minimum absolute atomic E-state index is 0.0393. The molecule has 0 fully saturated rings. The number of carbonyl (C=O) groups excluding carboxylic acids is 1. The molecule has 7 heteroatoms. The fraction of sp³-hybridized carbons (Fsp3) is 0.333. The predicted molar refractivity (Wildman–Crippen MR) is 124 cm³/mol. The van der Waals surface area contributed by atoms with Crippen molar-refractivity contribution in [2.45, 2.75) is 32.7 Å². The Morgan fingerprint density at radius 2 is 1.87 bits per heavy atom. The van der Waals surface area contributed by atoms with E-state index in [1.165, 1.54) is 6.07 Å². The summed E-state index contributed by atoms with van der Waals surface area (Å²) in [4.78, 5) is 19.5. The summed E-state index contributed by atoms with van der Waals surface area (Å²) in [7, 11) is 1.72. The number of amides is 1. The zero-order chi connectivity index (χ0) is 22.1. The van der Waals surface area contributed by atoms with Gasteiger partial charge < -0.3 is 20.9 Å². The predicted octanol–water partition coefficient (Wildman–Crippen LogP) is 3.74. The Labute approximate surface area is 182 Å². The lowest BCUT2D eigenvalue weighted by molar-refractivity contribution is 0.0953. The maximum Gasteiger partial charge on any atom is 0.251 e. The second-order valence-electron chi connectivity index (χ2n) is 7.41. The quantitative estimate of drug-likeness (QED) is 0.240. The number of halogens is 1. The highest BCUT2D eigenvalue weighted by Gasteiger charge is 2.07. The average Bonchev–Trinajstić information content (AvgIpc) is 3.18. The summed E-state index contributed by atoms with van der Waals surface area (Å²) in [5, 5.41) is 10.4. The Morgan fingerprint density at radius 1 is 1.06 bits per heavy atom. The maximum absolute atomic E-state index is 13.5. The second-order valence-corrected chi connectivity index (χ2v) is 7.41. The molecule has 0 unspecified atom stereocenters. The minimum atomic E-state index is -0.233. The van der Waals surface area contributed by atoms with Gasteiger partial charge in [0, 0.05) is 49.3 Å². The van der Waals surface area contributed by atoms with Gasteiger partial charge in [0.05, 0.1) is 0 Å². The normalized spacial score (nSPS) is 11.5. The van der Waals surface area contributed by atoms with Gasteiger partial charge in [-0.25, -0.2) is 4.39 Å². The van der Waals surface area contributed by atoms with Gasteiger partial charge >= 0.3 is 0 Å². The minimum Gasteiger partial charge on any atom is -0.361 e. The number of fused-ring (bicyclic) bond motifs is 1. The third-order valence-electron chi connectivity index (χ3n) is 5.13. The first kappa shape index (κ1) is 22.3. The lowest BCUT2D eigenvalue weighted by Crippen LogP contribution is -2.37. The molecule has 0 aliphatic carbocycles. The van der Waals surface area contributed by atoms with Gasteiger partial charge in [-0.2, -0.15) is 0 Å². The van der Waals surface area contributed by atoms with Gasteiger partial charge in [0.15, 0.2) is 5.96 Å². The fourth-order valence-electron chi connectivity index (χ4n) is 3.33. The number of H-pyrrole nitrogens is 1. The number of aliphatic imine (C=N–C) groups is 1. The van der Waals surface area contributed by atoms with E-state index in [9.17, 15) is 9.18 Å². The molecule has 2 aromatic carbocycles. The number of nitrogens with one attached hydrogen (secondary N) is 4. The van der Waals surface area contributed by atoms with Crippen LogP contribution in [0.3, 0.4) is 0 Å². The van der Waals surface area contributed by atoms with Gasteiger partial charge in [0.25, 0.3) is 5.91 Å². The molecule has 3 aromatic rings. The van der Waals surface area contributed by atoms with Crippen molar-refractivity contribution >= 4 is 22.8 Å². The maximum atomic E-state index is 13.5. The first-order chi connectivity index (χ1) is 15.1. The van der Waals surface area contributed by atoms with E-state index in [-0.39, 0.29) is 11.7 Å². The molecule has 1 amide bonds. The van der Waals surface area contributed by atoms with Crippen LogP contribution in [0.4, 0.5) is 4.39 Å². The molecule has 1 heterocycles. The summed E-state index contributed by atoms with van der Waals surface area (Å²) in [6.45, 7) is 4.06. The highest BCUT2D eigenvalue weighted by atomic mass is 19.1. The molecule has 0 spiro atoms. The van der Waals surface area contributed by atoms with E-state index in [0.29, 0.717) is 31.2 Å². The van der Waals surface area contributed by atoms with Crippen LogP contribution in [0.2, 0.25) is 0 Å². The van der Waals surface area contributed by atoms with Crippen molar-refractivity contribution in [3.05, 3.63) is 71.2 Å². The Balaban J connectivity index is 1.46. The molecule has 31 heavy (non-hydrogen) atoms. The molecule has 0 aliphatic heterocycles. The fourth-order valence-corrected chi connectivity index (χ4v) is 3.33. The van der Waals surface area contributed by atoms with Crippen LogP contribution in [0, 0.1) is 5.82 Å². The highest BCUT2D eigenvalue weighted by molar-refractivity contribution is 5.94. The van der Waals surface area contributed by atoms with E-state index >= 15 is 0 Å². The van der Waals surface area contributed by atoms with Crippen molar-refractivity contribution in [3.8, 4) is 0 Å². The van der Waals surface area contributed by atoms with Crippen molar-refractivity contribution < 1.29 is 9.18 Å². The van der Waals surface area contributed by atoms with E-state index in [0.717, 1.165) is 41.3 Å². The number of aromatic amines is 1. The molecule has 0 saturated heterocycles. The molecule has 1 aromatic heterocycles. The van der Waals surface area contributed by atoms with Crippen LogP contribution in [0.5, 0.6) is 0 Å². The zero-order valence-corrected chi connectivity index (χ0v) is 18.1. The summed E-state index contributed by atoms with van der Waals surface area (Å²) in [6, 6.07) is 12.3. The van der Waals surface area contributed by atoms with Gasteiger partial charge in [-0.05, 0) is 54.3 Å². The smallest absolute Gasteiger partial charge is 0.251 e. The van der Waals surface area contributed by atoms with Crippen LogP contribution >= 0.6 is 0 Å². The molecule has 164 valence electrons. The Kier molecular flexibility index (Phi) is 8.04. The van der Waals surface area contributed by atoms with Crippen LogP contribution in [-0.2, 0) is 13.0 Å². The number of guanidine groups is 1. The van der Waals surface area contributed by atoms with Crippen molar-refractivity contribution in [3.63, 3.8) is 0 Å². The van der Waals surface area contributed by atoms with Crippen molar-refractivity contribution in [2.75, 3.05) is 20.1 Å². The van der Waals surface area contributed by atoms with Gasteiger partial charge in [0.1, 0.15) is 5.82 Å². The third kappa shape index (κ3) is 6.31. The largest absolute Gasteiger partial charge is 0.361 e. The standard InChI is InChI=1S/C24H30FN5O/c1-3-4-12-27-23(31)18-7-5-17(6-8-18)15-30-24(26-2)28-13-11-19-16-29-22-10-9-20(25)14-21(19)22/h5-10,14,16,29H,3-4,11-13,15H2,1-2H3,(H,27,31)(H2,26,28,30). The summed E-state index contributed by atoms with van der Waals surface area (Å²) in [6.07, 6.45) is 4.70. The zero-order valence-electron chi connectivity index (χ0n) is 18.1. The highest BCUT2D eigenvalue weighted by Crippen LogP contribution is 2.19. The molecule has 0 saturated carbocycles. The van der Waals surface area contributed by atoms with Crippen LogP contribution < -0.4 is 16.0 Å². The van der Waals surface area contributed by atoms with Crippen LogP contribution in [0.1, 0.15) is 41.3 Å². The number of hydrogen-bond donors (Lipinski definition) is 4. The number of aromatic nitrogens is 1. The second kappa shape index (κ2) is 11.2. The van der Waals surface area contributed by atoms with Crippen molar-refractivity contribution in [2.24, 2.45) is 4.99 Å². The first-order valence-electron chi connectivity index (χ1n) is 10.7. The Bertz CT molecular complexity index is 1030. The number of hydrogen-bond acceptors (Lipinski definition) is 2. The number of nitrogens with zero attached hydrogens (tertiary/aromatic N) is 1. The monoisotopic (exact) mass is 423 g/mol. The third-order valence-corrected chi connectivity index (χ3v) is 5.13. The number of rotatable bonds is 9. The first-order valence-corrected chi connectivity index (χ1v) is 10.7. The van der Waals surface area contributed by atoms with Crippen LogP contribution in [0.15, 0.2) is 53.7 Å². The Morgan fingerprint density at radius 3 is 2.61 bits per heavy atom. The number of benzene rings is 2. The van der Waals surface area contributed by atoms with Gasteiger partial charge in [-0.15, -0.1) is 0 Å². The van der Waals surface area contributed by atoms with Gasteiger partial charge in [-0.1, -0.05) is 25.5 Å². The van der Waals surface area contributed by atoms with Gasteiger partial charge in [-0.3, -0.25) is 9.79 Å². The summed E-state index contributed by atoms with van der Waals surface area (Å²) in [5.41, 5.74) is 3.71. The summed E-state index contributed by atoms with van der Waals surface area (Å²) in [5.74, 6) is 0.415. The van der Waals surface area contributed by atoms with E-state index in [2.05, 4.69) is 32.9 Å². The van der Waals surface area contributed by atoms with E-state index < -0.39 is 0 Å². The van der Waals surface area contributed by atoms with Crippen molar-refractivity contribution in [1.29, 1.82) is 0 Å². The lowest BCUT2D eigenvalue weighted by Gasteiger charge is -2.12. The average molecular weight is 424 g/mol. The molecule has 0 atom stereocenters. The molecule has 0 radical (unpaired) electrons. The lowest BCUT2D eigenvalue weighted by atomic mass is 10.1. The van der Waals surface area contributed by atoms with E-state index in [4.69, 9.17) is 0 Å². The van der Waals surface area contributed by atoms with Crippen molar-refractivity contribution in [1.82, 2.24) is 20.9 Å². The summed E-state index contributed by atoms with van der Waals surface area (Å²) < 4.78 is 13.5. The van der Waals surface area contributed by atoms with Crippen LogP contribution in [-0.4, -0.2) is 37.0 Å². The number of unbranched alkanes of at least 4 members (excludes halogenated alkanes) is 1. The molecular weight excluding hydrogens is 393 g/mol. The molecule has 3 rings (SSSR count). The van der Waals surface area contributed by atoms with E-state index in [1.807, 2.05) is 30.5 Å². The molecule has 4 N–H and O–H groups in total. The molecular formula is C24H30FN5O. The molecule has 6 nitrogen and oxygen atoms in total. The van der Waals surface area contributed by atoms with E-state index in [1.54, 1.807) is 19.2 Å². The number of carbonyl (C=O) groups is 1. The SMILES string of the molecule is CCCCNC(=O)c1ccc(CNC(=NC)NCCc2c[nH]c3ccc(F)cc23)cc1. The summed E-state index contributed by atoms with van der Waals surface area (Å²) >= 11 is 0. The topological polar surface area (TPSA) is 81.3 Å². The molecule has 0 bridgehead atoms. The van der Waals surface area contributed by atoms with Crippen LogP contribution in [0.25, 0.3) is 10.9 Å². The molecule has 0 aliphatic rings. The van der Waals surface area contributed by atoms with Gasteiger partial charge in [0.2, 0.25) is 0 Å².